The number of methoxy groups -OCH3 is 3. The Morgan fingerprint density at radius 3 is 2.03 bits per heavy atom. The van der Waals surface area contributed by atoms with Gasteiger partial charge in [-0.15, -0.1) is 0 Å². The molecule has 0 aromatic heterocycles. The second kappa shape index (κ2) is 9.04. The van der Waals surface area contributed by atoms with E-state index in [1.807, 2.05) is 6.07 Å². The molecule has 33 heavy (non-hydrogen) atoms. The lowest BCUT2D eigenvalue weighted by atomic mass is 10.0. The zero-order valence-corrected chi connectivity index (χ0v) is 18.2. The normalized spacial score (nSPS) is 13.4. The minimum atomic E-state index is -0.613. The first-order valence-corrected chi connectivity index (χ1v) is 9.99. The lowest BCUT2D eigenvalue weighted by Gasteiger charge is -2.17. The van der Waals surface area contributed by atoms with Gasteiger partial charge in [-0.25, -0.2) is 9.29 Å². The van der Waals surface area contributed by atoms with Gasteiger partial charge in [-0.3, -0.25) is 9.59 Å². The average Bonchev–Trinajstić information content (AvgIpc) is 3.07. The lowest BCUT2D eigenvalue weighted by molar-refractivity contribution is -0.120. The summed E-state index contributed by atoms with van der Waals surface area (Å²) >= 11 is 0. The molecule has 3 aromatic rings. The molecule has 0 bridgehead atoms. The molecular formula is C25H21FN2O5. The van der Waals surface area contributed by atoms with Crippen LogP contribution in [0.5, 0.6) is 17.2 Å². The Bertz CT molecular complexity index is 1230. The summed E-state index contributed by atoms with van der Waals surface area (Å²) < 4.78 is 30.0. The predicted molar refractivity (Wildman–Crippen MR) is 122 cm³/mol. The fourth-order valence-corrected chi connectivity index (χ4v) is 3.67. The molecule has 1 aliphatic heterocycles. The molecule has 2 amide bonds. The van der Waals surface area contributed by atoms with E-state index >= 15 is 0 Å². The Morgan fingerprint density at radius 2 is 1.45 bits per heavy atom. The van der Waals surface area contributed by atoms with Gasteiger partial charge < -0.3 is 19.5 Å². The molecule has 0 spiro atoms. The maximum atomic E-state index is 13.9. The maximum Gasteiger partial charge on any atom is 0.282 e. The molecule has 8 heteroatoms. The van der Waals surface area contributed by atoms with Crippen LogP contribution >= 0.6 is 0 Å². The summed E-state index contributed by atoms with van der Waals surface area (Å²) in [5, 5.41) is 3.04. The van der Waals surface area contributed by atoms with Crippen molar-refractivity contribution in [3.8, 4) is 17.2 Å². The Morgan fingerprint density at radius 1 is 0.788 bits per heavy atom. The molecule has 1 N–H and O–H groups in total. The fraction of sp³-hybridized carbons (Fsp3) is 0.120. The molecule has 0 unspecified atom stereocenters. The topological polar surface area (TPSA) is 77.1 Å². The number of carbonyl (C=O) groups excluding carboxylic acids is 2. The Labute approximate surface area is 190 Å². The first kappa shape index (κ1) is 21.9. The first-order chi connectivity index (χ1) is 16.0. The van der Waals surface area contributed by atoms with E-state index in [1.54, 1.807) is 36.4 Å². The van der Waals surface area contributed by atoms with Gasteiger partial charge in [0.1, 0.15) is 11.5 Å². The van der Waals surface area contributed by atoms with Crippen LogP contribution in [0.3, 0.4) is 0 Å². The molecule has 7 nitrogen and oxygen atoms in total. The number of hydrogen-bond donors (Lipinski definition) is 1. The molecule has 168 valence electrons. The molecule has 0 radical (unpaired) electrons. The minimum absolute atomic E-state index is 0.0461. The van der Waals surface area contributed by atoms with Crippen LogP contribution in [0.25, 0.3) is 5.57 Å². The quantitative estimate of drug-likeness (QED) is 0.545. The van der Waals surface area contributed by atoms with Crippen LogP contribution in [-0.4, -0.2) is 33.1 Å². The summed E-state index contributed by atoms with van der Waals surface area (Å²) in [4.78, 5) is 27.8. The Hall–Kier alpha value is -4.33. The van der Waals surface area contributed by atoms with Crippen molar-refractivity contribution in [1.82, 2.24) is 0 Å². The van der Waals surface area contributed by atoms with Crippen molar-refractivity contribution in [3.05, 3.63) is 83.8 Å². The third kappa shape index (κ3) is 3.98. The highest BCUT2D eigenvalue weighted by atomic mass is 19.1. The van der Waals surface area contributed by atoms with E-state index in [1.165, 1.54) is 39.5 Å². The number of hydrogen-bond acceptors (Lipinski definition) is 6. The maximum absolute atomic E-state index is 13.9. The molecule has 0 saturated carbocycles. The molecular weight excluding hydrogens is 427 g/mol. The van der Waals surface area contributed by atoms with Crippen LogP contribution in [0.2, 0.25) is 0 Å². The number of anilines is 2. The van der Waals surface area contributed by atoms with Gasteiger partial charge in [0, 0.05) is 17.8 Å². The third-order valence-electron chi connectivity index (χ3n) is 5.15. The number of ether oxygens (including phenoxy) is 3. The highest BCUT2D eigenvalue weighted by molar-refractivity contribution is 6.46. The van der Waals surface area contributed by atoms with Gasteiger partial charge in [-0.05, 0) is 23.8 Å². The van der Waals surface area contributed by atoms with E-state index < -0.39 is 17.6 Å². The van der Waals surface area contributed by atoms with Crippen molar-refractivity contribution in [2.75, 3.05) is 31.5 Å². The highest BCUT2D eigenvalue weighted by Gasteiger charge is 2.40. The van der Waals surface area contributed by atoms with E-state index in [-0.39, 0.29) is 17.0 Å². The van der Waals surface area contributed by atoms with E-state index in [2.05, 4.69) is 5.32 Å². The van der Waals surface area contributed by atoms with Crippen LogP contribution in [0.15, 0.2) is 72.4 Å². The van der Waals surface area contributed by atoms with Crippen LogP contribution in [0.4, 0.5) is 15.8 Å². The van der Waals surface area contributed by atoms with Crippen molar-refractivity contribution in [2.45, 2.75) is 0 Å². The van der Waals surface area contributed by atoms with Gasteiger partial charge >= 0.3 is 0 Å². The van der Waals surface area contributed by atoms with Crippen molar-refractivity contribution < 1.29 is 28.2 Å². The summed E-state index contributed by atoms with van der Waals surface area (Å²) in [5.41, 5.74) is 1.34. The lowest BCUT2D eigenvalue weighted by Crippen LogP contribution is -2.32. The molecule has 4 rings (SSSR count). The van der Waals surface area contributed by atoms with Crippen molar-refractivity contribution in [1.29, 1.82) is 0 Å². The highest BCUT2D eigenvalue weighted by Crippen LogP contribution is 2.41. The summed E-state index contributed by atoms with van der Waals surface area (Å²) in [6.07, 6.45) is 0. The van der Waals surface area contributed by atoms with Gasteiger partial charge in [0.05, 0.1) is 32.6 Å². The number of nitrogens with one attached hydrogen (secondary N) is 1. The van der Waals surface area contributed by atoms with E-state index in [9.17, 15) is 14.0 Å². The van der Waals surface area contributed by atoms with Crippen LogP contribution in [0, 0.1) is 5.82 Å². The number of amides is 2. The molecule has 0 saturated heterocycles. The third-order valence-corrected chi connectivity index (χ3v) is 5.15. The standard InChI is InChI=1S/C25H21FN2O5/c1-31-19-13-17(14-20(32-2)23(19)33-3)27-22-21(15-8-5-4-6-9-15)24(29)28(25(22)30)18-11-7-10-16(26)12-18/h4-14,27H,1-3H3. The number of nitrogens with zero attached hydrogens (tertiary/aromatic N) is 1. The minimum Gasteiger partial charge on any atom is -0.493 e. The zero-order chi connectivity index (χ0) is 23.5. The second-order valence-corrected chi connectivity index (χ2v) is 7.08. The van der Waals surface area contributed by atoms with E-state index in [0.29, 0.717) is 28.5 Å². The second-order valence-electron chi connectivity index (χ2n) is 7.08. The SMILES string of the molecule is COc1cc(NC2=C(c3ccccc3)C(=O)N(c3cccc(F)c3)C2=O)cc(OC)c1OC. The summed E-state index contributed by atoms with van der Waals surface area (Å²) in [5.74, 6) is -0.594. The van der Waals surface area contributed by atoms with Crippen molar-refractivity contribution in [3.63, 3.8) is 0 Å². The van der Waals surface area contributed by atoms with Gasteiger partial charge in [0.25, 0.3) is 11.8 Å². The van der Waals surface area contributed by atoms with Gasteiger partial charge in [-0.1, -0.05) is 36.4 Å². The first-order valence-electron chi connectivity index (χ1n) is 9.99. The number of halogens is 1. The van der Waals surface area contributed by atoms with Crippen LogP contribution in [-0.2, 0) is 9.59 Å². The molecule has 0 fully saturated rings. The monoisotopic (exact) mass is 448 g/mol. The number of imide groups is 1. The number of benzene rings is 3. The zero-order valence-electron chi connectivity index (χ0n) is 18.2. The number of rotatable bonds is 7. The van der Waals surface area contributed by atoms with E-state index in [0.717, 1.165) is 11.0 Å². The molecule has 1 aliphatic rings. The van der Waals surface area contributed by atoms with Crippen molar-refractivity contribution in [2.24, 2.45) is 0 Å². The largest absolute Gasteiger partial charge is 0.493 e. The van der Waals surface area contributed by atoms with Gasteiger partial charge in [-0.2, -0.15) is 0 Å². The molecule has 3 aromatic carbocycles. The average molecular weight is 448 g/mol. The summed E-state index contributed by atoms with van der Waals surface area (Å²) in [7, 11) is 4.44. The summed E-state index contributed by atoms with van der Waals surface area (Å²) in [6, 6.07) is 17.4. The molecule has 0 atom stereocenters. The van der Waals surface area contributed by atoms with Crippen LogP contribution in [0.1, 0.15) is 5.56 Å². The number of carbonyl (C=O) groups is 2. The Kier molecular flexibility index (Phi) is 5.99. The molecule has 1 heterocycles. The van der Waals surface area contributed by atoms with Gasteiger partial charge in [0.2, 0.25) is 5.75 Å². The smallest absolute Gasteiger partial charge is 0.282 e. The van der Waals surface area contributed by atoms with E-state index in [4.69, 9.17) is 14.2 Å². The fourth-order valence-electron chi connectivity index (χ4n) is 3.67. The summed E-state index contributed by atoms with van der Waals surface area (Å²) in [6.45, 7) is 0. The molecule has 0 aliphatic carbocycles. The van der Waals surface area contributed by atoms with Gasteiger partial charge in [0.15, 0.2) is 11.5 Å². The van der Waals surface area contributed by atoms with Crippen LogP contribution < -0.4 is 24.4 Å². The predicted octanol–water partition coefficient (Wildman–Crippen LogP) is 4.25. The van der Waals surface area contributed by atoms with Crippen molar-refractivity contribution >= 4 is 28.8 Å². The Balaban J connectivity index is 1.84.